The van der Waals surface area contributed by atoms with E-state index < -0.39 is 0 Å². The van der Waals surface area contributed by atoms with E-state index in [2.05, 4.69) is 9.97 Å². The van der Waals surface area contributed by atoms with Gasteiger partial charge in [-0.3, -0.25) is 0 Å². The van der Waals surface area contributed by atoms with Crippen molar-refractivity contribution in [2.75, 3.05) is 12.3 Å². The van der Waals surface area contributed by atoms with Crippen LogP contribution in [0.4, 0.5) is 5.82 Å². The molecule has 4 nitrogen and oxygen atoms in total. The lowest BCUT2D eigenvalue weighted by Crippen LogP contribution is -2.17. The molecule has 0 aromatic carbocycles. The van der Waals surface area contributed by atoms with Crippen LogP contribution in [0.1, 0.15) is 42.8 Å². The van der Waals surface area contributed by atoms with Gasteiger partial charge in [0, 0.05) is 17.2 Å². The molecule has 2 heterocycles. The second-order valence-corrected chi connectivity index (χ2v) is 6.26. The lowest BCUT2D eigenvalue weighted by Gasteiger charge is -2.18. The zero-order chi connectivity index (χ0) is 12.4. The van der Waals surface area contributed by atoms with Crippen LogP contribution < -0.4 is 5.73 Å². The normalized spacial score (nSPS) is 20.0. The van der Waals surface area contributed by atoms with Gasteiger partial charge in [0.1, 0.15) is 11.6 Å². The van der Waals surface area contributed by atoms with Gasteiger partial charge in [-0.15, -0.1) is 0 Å². The first-order valence-corrected chi connectivity index (χ1v) is 7.71. The molecule has 0 bridgehead atoms. The molecule has 1 fully saturated rings. The highest BCUT2D eigenvalue weighted by molar-refractivity contribution is 7.99. The van der Waals surface area contributed by atoms with E-state index in [1.54, 1.807) is 0 Å². The van der Waals surface area contributed by atoms with Crippen molar-refractivity contribution in [3.8, 4) is 0 Å². The molecule has 0 atom stereocenters. The van der Waals surface area contributed by atoms with Crippen molar-refractivity contribution in [2.24, 2.45) is 0 Å². The fraction of sp³-hybridized carbons (Fsp3) is 0.692. The summed E-state index contributed by atoms with van der Waals surface area (Å²) in [4.78, 5) is 9.06. The van der Waals surface area contributed by atoms with E-state index >= 15 is 0 Å². The van der Waals surface area contributed by atoms with E-state index in [9.17, 15) is 0 Å². The third-order valence-electron chi connectivity index (χ3n) is 3.65. The van der Waals surface area contributed by atoms with Crippen molar-refractivity contribution in [3.63, 3.8) is 0 Å². The van der Waals surface area contributed by atoms with Gasteiger partial charge in [0.2, 0.25) is 0 Å². The van der Waals surface area contributed by atoms with Crippen LogP contribution >= 0.6 is 11.8 Å². The average Bonchev–Trinajstić information content (AvgIpc) is 2.90. The number of fused-ring (bicyclic) bond motifs is 1. The molecule has 0 saturated heterocycles. The fourth-order valence-corrected chi connectivity index (χ4v) is 3.80. The van der Waals surface area contributed by atoms with E-state index in [1.807, 2.05) is 11.8 Å². The number of nitrogens with zero attached hydrogens (tertiary/aromatic N) is 2. The van der Waals surface area contributed by atoms with Gasteiger partial charge in [-0.25, -0.2) is 9.97 Å². The lowest BCUT2D eigenvalue weighted by atomic mass is 10.1. The number of nitrogen functional groups attached to an aromatic ring is 1. The number of hydrogen-bond acceptors (Lipinski definition) is 5. The number of hydrogen-bond donors (Lipinski definition) is 1. The molecule has 18 heavy (non-hydrogen) atoms. The molecule has 2 aliphatic rings. The predicted molar refractivity (Wildman–Crippen MR) is 73.4 cm³/mol. The number of aromatic nitrogens is 2. The van der Waals surface area contributed by atoms with Gasteiger partial charge in [-0.2, -0.15) is 11.8 Å². The van der Waals surface area contributed by atoms with Gasteiger partial charge >= 0.3 is 0 Å². The van der Waals surface area contributed by atoms with Gasteiger partial charge < -0.3 is 10.5 Å². The summed E-state index contributed by atoms with van der Waals surface area (Å²) in [6.45, 7) is 1.32. The van der Waals surface area contributed by atoms with Crippen molar-refractivity contribution in [1.29, 1.82) is 0 Å². The summed E-state index contributed by atoms with van der Waals surface area (Å²) in [5.74, 6) is 2.40. The molecule has 0 spiro atoms. The summed E-state index contributed by atoms with van der Waals surface area (Å²) in [5, 5.41) is 0.800. The van der Waals surface area contributed by atoms with E-state index in [0.717, 1.165) is 41.1 Å². The van der Waals surface area contributed by atoms with Gasteiger partial charge in [0.25, 0.3) is 0 Å². The third kappa shape index (κ3) is 2.62. The minimum Gasteiger partial charge on any atom is -0.383 e. The van der Waals surface area contributed by atoms with Crippen molar-refractivity contribution in [3.05, 3.63) is 17.1 Å². The molecule has 1 aromatic heterocycles. The summed E-state index contributed by atoms with van der Waals surface area (Å²) >= 11 is 1.98. The van der Waals surface area contributed by atoms with Crippen LogP contribution in [0, 0.1) is 0 Å². The van der Waals surface area contributed by atoms with E-state index in [-0.39, 0.29) is 0 Å². The Labute approximate surface area is 112 Å². The van der Waals surface area contributed by atoms with Gasteiger partial charge in [0.15, 0.2) is 0 Å². The first-order valence-electron chi connectivity index (χ1n) is 6.66. The Hall–Kier alpha value is -0.810. The average molecular weight is 265 g/mol. The maximum absolute atomic E-state index is 5.99. The number of ether oxygens (including phenoxy) is 1. The van der Waals surface area contributed by atoms with Crippen LogP contribution in [-0.4, -0.2) is 21.8 Å². The zero-order valence-corrected chi connectivity index (χ0v) is 11.3. The first kappa shape index (κ1) is 12.2. The quantitative estimate of drug-likeness (QED) is 0.908. The van der Waals surface area contributed by atoms with Crippen LogP contribution in [0.2, 0.25) is 0 Å². The molecule has 2 N–H and O–H groups in total. The standard InChI is InChI=1S/C13H19N3OS/c14-13-10-7-17-6-5-11(10)15-12(16-13)8-18-9-3-1-2-4-9/h9H,1-8H2,(H2,14,15,16). The van der Waals surface area contributed by atoms with E-state index in [1.165, 1.54) is 25.7 Å². The zero-order valence-electron chi connectivity index (χ0n) is 10.5. The van der Waals surface area contributed by atoms with E-state index in [4.69, 9.17) is 10.5 Å². The summed E-state index contributed by atoms with van der Waals surface area (Å²) < 4.78 is 5.39. The van der Waals surface area contributed by atoms with Crippen LogP contribution in [0.25, 0.3) is 0 Å². The van der Waals surface area contributed by atoms with E-state index in [0.29, 0.717) is 12.4 Å². The highest BCUT2D eigenvalue weighted by Crippen LogP contribution is 2.31. The second kappa shape index (κ2) is 5.45. The van der Waals surface area contributed by atoms with Crippen molar-refractivity contribution < 1.29 is 4.74 Å². The summed E-state index contributed by atoms with van der Waals surface area (Å²) in [5.41, 5.74) is 8.08. The molecule has 0 radical (unpaired) electrons. The van der Waals surface area contributed by atoms with Crippen molar-refractivity contribution in [1.82, 2.24) is 9.97 Å². The van der Waals surface area contributed by atoms with Crippen LogP contribution in [0.5, 0.6) is 0 Å². The second-order valence-electron chi connectivity index (χ2n) is 4.97. The number of thioether (sulfide) groups is 1. The lowest BCUT2D eigenvalue weighted by molar-refractivity contribution is 0.109. The fourth-order valence-electron chi connectivity index (χ4n) is 2.62. The largest absolute Gasteiger partial charge is 0.383 e. The number of rotatable bonds is 3. The molecule has 3 rings (SSSR count). The summed E-state index contributed by atoms with van der Waals surface area (Å²) in [6.07, 6.45) is 6.31. The predicted octanol–water partition coefficient (Wildman–Crippen LogP) is 2.31. The van der Waals surface area contributed by atoms with Crippen LogP contribution in [0.3, 0.4) is 0 Å². The van der Waals surface area contributed by atoms with Crippen molar-refractivity contribution >= 4 is 17.6 Å². The molecule has 1 saturated carbocycles. The Morgan fingerprint density at radius 2 is 2.11 bits per heavy atom. The summed E-state index contributed by atoms with van der Waals surface area (Å²) in [6, 6.07) is 0. The minimum absolute atomic E-state index is 0.567. The molecule has 1 aromatic rings. The first-order chi connectivity index (χ1) is 8.83. The van der Waals surface area contributed by atoms with Crippen molar-refractivity contribution in [2.45, 2.75) is 49.7 Å². The Morgan fingerprint density at radius 1 is 1.28 bits per heavy atom. The Bertz CT molecular complexity index is 432. The molecule has 1 aliphatic heterocycles. The SMILES string of the molecule is Nc1nc(CSC2CCCC2)nc2c1COCC2. The highest BCUT2D eigenvalue weighted by Gasteiger charge is 2.19. The molecular weight excluding hydrogens is 246 g/mol. The maximum atomic E-state index is 5.99. The van der Waals surface area contributed by atoms with Crippen LogP contribution in [0.15, 0.2) is 0 Å². The molecule has 5 heteroatoms. The highest BCUT2D eigenvalue weighted by atomic mass is 32.2. The summed E-state index contributed by atoms with van der Waals surface area (Å²) in [7, 11) is 0. The van der Waals surface area contributed by atoms with Crippen LogP contribution in [-0.2, 0) is 23.5 Å². The molecule has 0 amide bonds. The monoisotopic (exact) mass is 265 g/mol. The Kier molecular flexibility index (Phi) is 3.70. The van der Waals surface area contributed by atoms with Gasteiger partial charge in [-0.1, -0.05) is 12.8 Å². The minimum atomic E-state index is 0.567. The number of anilines is 1. The Balaban J connectivity index is 1.70. The number of nitrogens with two attached hydrogens (primary N) is 1. The van der Waals surface area contributed by atoms with Gasteiger partial charge in [-0.05, 0) is 12.8 Å². The third-order valence-corrected chi connectivity index (χ3v) is 5.02. The molecular formula is C13H19N3OS. The maximum Gasteiger partial charge on any atom is 0.140 e. The topological polar surface area (TPSA) is 61.0 Å². The Morgan fingerprint density at radius 3 is 2.94 bits per heavy atom. The molecule has 1 aliphatic carbocycles. The van der Waals surface area contributed by atoms with Gasteiger partial charge in [0.05, 0.1) is 24.7 Å². The molecule has 0 unspecified atom stereocenters. The molecule has 98 valence electrons. The smallest absolute Gasteiger partial charge is 0.140 e.